The molecule has 0 aliphatic heterocycles. The van der Waals surface area contributed by atoms with Crippen LogP contribution in [0.3, 0.4) is 0 Å². The number of amides is 1. The van der Waals surface area contributed by atoms with Crippen LogP contribution in [0.5, 0.6) is 0 Å². The standard InChI is InChI=1S/C14H20N2O4/c1-5-8(2)12(14(19)20)15-13(18)11-6-10(9(3)17)7-16(11)4/h6-8,12H,5H2,1-4H3,(H,15,18)(H,19,20)/t8-,12-/m0/s1. The van der Waals surface area contributed by atoms with E-state index < -0.39 is 17.9 Å². The molecular weight excluding hydrogens is 260 g/mol. The Morgan fingerprint density at radius 3 is 2.40 bits per heavy atom. The molecule has 0 bridgehead atoms. The van der Waals surface area contributed by atoms with Crippen molar-refractivity contribution in [3.8, 4) is 0 Å². The molecule has 110 valence electrons. The number of rotatable bonds is 6. The Bertz CT molecular complexity index is 533. The first-order valence-corrected chi connectivity index (χ1v) is 6.48. The van der Waals surface area contributed by atoms with Gasteiger partial charge >= 0.3 is 5.97 Å². The van der Waals surface area contributed by atoms with Crippen molar-refractivity contribution in [2.45, 2.75) is 33.2 Å². The fourth-order valence-electron chi connectivity index (χ4n) is 1.88. The maximum Gasteiger partial charge on any atom is 0.326 e. The molecule has 1 heterocycles. The minimum atomic E-state index is -1.06. The first-order valence-electron chi connectivity index (χ1n) is 6.48. The van der Waals surface area contributed by atoms with Gasteiger partial charge in [0.15, 0.2) is 5.78 Å². The van der Waals surface area contributed by atoms with E-state index in [2.05, 4.69) is 5.32 Å². The zero-order valence-corrected chi connectivity index (χ0v) is 12.1. The number of nitrogens with one attached hydrogen (secondary N) is 1. The number of aliphatic carboxylic acids is 1. The number of carboxylic acid groups (broad SMARTS) is 1. The van der Waals surface area contributed by atoms with E-state index in [1.54, 1.807) is 20.2 Å². The summed E-state index contributed by atoms with van der Waals surface area (Å²) in [6, 6.07) is 0.524. The molecule has 0 aromatic carbocycles. The first kappa shape index (κ1) is 15.9. The number of aryl methyl sites for hydroxylation is 1. The molecule has 1 amide bonds. The van der Waals surface area contributed by atoms with Crippen LogP contribution >= 0.6 is 0 Å². The summed E-state index contributed by atoms with van der Waals surface area (Å²) < 4.78 is 1.52. The lowest BCUT2D eigenvalue weighted by molar-refractivity contribution is -0.140. The topological polar surface area (TPSA) is 88.4 Å². The van der Waals surface area contributed by atoms with E-state index >= 15 is 0 Å². The molecule has 0 radical (unpaired) electrons. The number of hydrogen-bond donors (Lipinski definition) is 2. The SMILES string of the molecule is CC[C@H](C)[C@H](NC(=O)c1cc(C(C)=O)cn1C)C(=O)O. The molecule has 1 rings (SSSR count). The predicted molar refractivity (Wildman–Crippen MR) is 73.8 cm³/mol. The second kappa shape index (κ2) is 6.36. The van der Waals surface area contributed by atoms with Gasteiger partial charge in [0.2, 0.25) is 0 Å². The van der Waals surface area contributed by atoms with E-state index in [1.807, 2.05) is 6.92 Å². The number of carboxylic acids is 1. The average molecular weight is 280 g/mol. The zero-order valence-electron chi connectivity index (χ0n) is 12.1. The summed E-state index contributed by atoms with van der Waals surface area (Å²) in [6.07, 6.45) is 2.19. The Morgan fingerprint density at radius 2 is 2.00 bits per heavy atom. The van der Waals surface area contributed by atoms with Crippen LogP contribution in [0.1, 0.15) is 48.0 Å². The van der Waals surface area contributed by atoms with E-state index in [-0.39, 0.29) is 17.4 Å². The average Bonchev–Trinajstić information content (AvgIpc) is 2.76. The number of carbonyl (C=O) groups excluding carboxylic acids is 2. The van der Waals surface area contributed by atoms with Gasteiger partial charge in [-0.1, -0.05) is 20.3 Å². The van der Waals surface area contributed by atoms with Crippen molar-refractivity contribution < 1.29 is 19.5 Å². The van der Waals surface area contributed by atoms with Crippen LogP contribution < -0.4 is 5.32 Å². The summed E-state index contributed by atoms with van der Waals surface area (Å²) in [4.78, 5) is 34.6. The molecule has 0 aliphatic carbocycles. The summed E-state index contributed by atoms with van der Waals surface area (Å²) in [5, 5.41) is 11.7. The van der Waals surface area contributed by atoms with Crippen molar-refractivity contribution in [3.63, 3.8) is 0 Å². The summed E-state index contributed by atoms with van der Waals surface area (Å²) >= 11 is 0. The van der Waals surface area contributed by atoms with Gasteiger partial charge in [-0.25, -0.2) is 4.79 Å². The summed E-state index contributed by atoms with van der Waals surface area (Å²) in [7, 11) is 1.64. The minimum Gasteiger partial charge on any atom is -0.480 e. The first-order chi connectivity index (χ1) is 9.27. The van der Waals surface area contributed by atoms with E-state index in [0.29, 0.717) is 12.0 Å². The number of hydrogen-bond acceptors (Lipinski definition) is 3. The van der Waals surface area contributed by atoms with Crippen molar-refractivity contribution in [2.75, 3.05) is 0 Å². The van der Waals surface area contributed by atoms with Crippen LogP contribution in [0, 0.1) is 5.92 Å². The molecule has 6 heteroatoms. The smallest absolute Gasteiger partial charge is 0.326 e. The molecule has 0 saturated heterocycles. The lowest BCUT2D eigenvalue weighted by Crippen LogP contribution is -2.45. The maximum absolute atomic E-state index is 12.1. The van der Waals surface area contributed by atoms with E-state index in [4.69, 9.17) is 5.11 Å². The Labute approximate surface area is 117 Å². The molecule has 2 N–H and O–H groups in total. The monoisotopic (exact) mass is 280 g/mol. The number of nitrogens with zero attached hydrogens (tertiary/aromatic N) is 1. The van der Waals surface area contributed by atoms with Gasteiger partial charge in [-0.2, -0.15) is 0 Å². The van der Waals surface area contributed by atoms with Crippen LogP contribution in [0.2, 0.25) is 0 Å². The quantitative estimate of drug-likeness (QED) is 0.772. The van der Waals surface area contributed by atoms with E-state index in [0.717, 1.165) is 0 Å². The number of carbonyl (C=O) groups is 3. The highest BCUT2D eigenvalue weighted by atomic mass is 16.4. The van der Waals surface area contributed by atoms with Crippen LogP contribution in [0.15, 0.2) is 12.3 Å². The third-order valence-corrected chi connectivity index (χ3v) is 3.41. The molecule has 1 aromatic heterocycles. The molecule has 0 saturated carbocycles. The van der Waals surface area contributed by atoms with Gasteiger partial charge in [-0.3, -0.25) is 9.59 Å². The van der Waals surface area contributed by atoms with Gasteiger partial charge in [0, 0.05) is 18.8 Å². The summed E-state index contributed by atoms with van der Waals surface area (Å²) in [6.45, 7) is 5.05. The lowest BCUT2D eigenvalue weighted by atomic mass is 9.99. The van der Waals surface area contributed by atoms with Crippen molar-refractivity contribution >= 4 is 17.7 Å². The highest BCUT2D eigenvalue weighted by Gasteiger charge is 2.26. The van der Waals surface area contributed by atoms with Gasteiger partial charge in [-0.05, 0) is 18.9 Å². The Hall–Kier alpha value is -2.11. The van der Waals surface area contributed by atoms with Crippen molar-refractivity contribution in [2.24, 2.45) is 13.0 Å². The zero-order chi connectivity index (χ0) is 15.4. The summed E-state index contributed by atoms with van der Waals surface area (Å²) in [5.74, 6) is -1.87. The van der Waals surface area contributed by atoms with Crippen molar-refractivity contribution in [1.29, 1.82) is 0 Å². The molecule has 6 nitrogen and oxygen atoms in total. The Morgan fingerprint density at radius 1 is 1.40 bits per heavy atom. The minimum absolute atomic E-state index is 0.142. The van der Waals surface area contributed by atoms with E-state index in [1.165, 1.54) is 17.6 Å². The Balaban J connectivity index is 2.95. The molecule has 0 fully saturated rings. The molecule has 0 spiro atoms. The fraction of sp³-hybridized carbons (Fsp3) is 0.500. The molecule has 0 unspecified atom stereocenters. The van der Waals surface area contributed by atoms with Crippen molar-refractivity contribution in [3.05, 3.63) is 23.5 Å². The molecule has 2 atom stereocenters. The highest BCUT2D eigenvalue weighted by molar-refractivity contribution is 6.00. The third kappa shape index (κ3) is 3.46. The summed E-state index contributed by atoms with van der Waals surface area (Å²) in [5.41, 5.74) is 0.692. The van der Waals surface area contributed by atoms with Crippen LogP contribution in [0.25, 0.3) is 0 Å². The van der Waals surface area contributed by atoms with Gasteiger partial charge in [0.25, 0.3) is 5.91 Å². The van der Waals surface area contributed by atoms with Gasteiger partial charge in [-0.15, -0.1) is 0 Å². The third-order valence-electron chi connectivity index (χ3n) is 3.41. The molecule has 0 aliphatic rings. The van der Waals surface area contributed by atoms with Crippen LogP contribution in [-0.2, 0) is 11.8 Å². The second-order valence-electron chi connectivity index (χ2n) is 4.96. The van der Waals surface area contributed by atoms with Gasteiger partial charge in [0.05, 0.1) is 0 Å². The second-order valence-corrected chi connectivity index (χ2v) is 4.96. The number of Topliss-reactive ketones (excluding diaryl/α,β-unsaturated/α-hetero) is 1. The normalized spacial score (nSPS) is 13.6. The van der Waals surface area contributed by atoms with Crippen LogP contribution in [-0.4, -0.2) is 33.4 Å². The van der Waals surface area contributed by atoms with E-state index in [9.17, 15) is 14.4 Å². The van der Waals surface area contributed by atoms with Crippen molar-refractivity contribution in [1.82, 2.24) is 9.88 Å². The van der Waals surface area contributed by atoms with Gasteiger partial charge < -0.3 is 15.0 Å². The fourth-order valence-corrected chi connectivity index (χ4v) is 1.88. The largest absolute Gasteiger partial charge is 0.480 e. The molecule has 20 heavy (non-hydrogen) atoms. The van der Waals surface area contributed by atoms with Gasteiger partial charge in [0.1, 0.15) is 11.7 Å². The Kier molecular flexibility index (Phi) is 5.07. The number of aromatic nitrogens is 1. The number of ketones is 1. The maximum atomic E-state index is 12.1. The van der Waals surface area contributed by atoms with Crippen LogP contribution in [0.4, 0.5) is 0 Å². The predicted octanol–water partition coefficient (Wildman–Crippen LogP) is 1.46. The lowest BCUT2D eigenvalue weighted by Gasteiger charge is -2.20. The highest BCUT2D eigenvalue weighted by Crippen LogP contribution is 2.12. The molecule has 1 aromatic rings. The molecular formula is C14H20N2O4.